The van der Waals surface area contributed by atoms with Gasteiger partial charge in [0.25, 0.3) is 0 Å². The molecule has 0 saturated carbocycles. The van der Waals surface area contributed by atoms with E-state index in [2.05, 4.69) is 0 Å². The third-order valence-corrected chi connectivity index (χ3v) is 5.58. The molecule has 1 aromatic rings. The van der Waals surface area contributed by atoms with Crippen LogP contribution in [0.4, 0.5) is 13.2 Å². The molecule has 2 rings (SSSR count). The molecule has 112 valence electrons. The highest BCUT2D eigenvalue weighted by Gasteiger charge is 2.35. The van der Waals surface area contributed by atoms with E-state index < -0.39 is 26.8 Å². The summed E-state index contributed by atoms with van der Waals surface area (Å²) in [6, 6.07) is 3.91. The van der Waals surface area contributed by atoms with Crippen LogP contribution in [0.2, 0.25) is 0 Å². The standard InChI is InChI=1S/C13H15F3O3S/c1-9-7-12(5-6-19-9)20(17,18)11-4-2-3-10(8-11)13(14,15)16/h2-4,8-9,12H,5-7H2,1H3. The lowest BCUT2D eigenvalue weighted by Gasteiger charge is -2.27. The lowest BCUT2D eigenvalue weighted by atomic mass is 10.1. The van der Waals surface area contributed by atoms with E-state index in [-0.39, 0.29) is 11.0 Å². The van der Waals surface area contributed by atoms with Crippen molar-refractivity contribution in [2.75, 3.05) is 6.61 Å². The van der Waals surface area contributed by atoms with Crippen molar-refractivity contribution in [1.29, 1.82) is 0 Å². The minimum atomic E-state index is -4.55. The van der Waals surface area contributed by atoms with Crippen LogP contribution in [0, 0.1) is 0 Å². The molecule has 2 unspecified atom stereocenters. The number of ether oxygens (including phenoxy) is 1. The number of sulfone groups is 1. The zero-order valence-corrected chi connectivity index (χ0v) is 11.7. The van der Waals surface area contributed by atoms with Crippen LogP contribution in [-0.2, 0) is 20.8 Å². The van der Waals surface area contributed by atoms with Crippen molar-refractivity contribution >= 4 is 9.84 Å². The lowest BCUT2D eigenvalue weighted by Crippen LogP contribution is -2.33. The van der Waals surface area contributed by atoms with E-state index in [1.165, 1.54) is 6.07 Å². The van der Waals surface area contributed by atoms with Crippen molar-refractivity contribution in [3.8, 4) is 0 Å². The normalized spacial score (nSPS) is 24.6. The first-order valence-corrected chi connectivity index (χ1v) is 7.78. The SMILES string of the molecule is CC1CC(S(=O)(=O)c2cccc(C(F)(F)F)c2)CCO1. The third-order valence-electron chi connectivity index (χ3n) is 3.37. The maximum absolute atomic E-state index is 12.6. The number of halogens is 3. The van der Waals surface area contributed by atoms with Gasteiger partial charge in [-0.05, 0) is 38.0 Å². The monoisotopic (exact) mass is 308 g/mol. The number of benzene rings is 1. The molecule has 20 heavy (non-hydrogen) atoms. The van der Waals surface area contributed by atoms with Gasteiger partial charge < -0.3 is 4.74 Å². The molecule has 1 heterocycles. The van der Waals surface area contributed by atoms with Gasteiger partial charge in [-0.2, -0.15) is 13.2 Å². The largest absolute Gasteiger partial charge is 0.416 e. The van der Waals surface area contributed by atoms with E-state index in [9.17, 15) is 21.6 Å². The van der Waals surface area contributed by atoms with Crippen LogP contribution in [-0.4, -0.2) is 26.4 Å². The first-order chi connectivity index (χ1) is 9.21. The minimum Gasteiger partial charge on any atom is -0.378 e. The molecule has 3 nitrogen and oxygen atoms in total. The summed E-state index contributed by atoms with van der Waals surface area (Å²) in [7, 11) is -3.76. The van der Waals surface area contributed by atoms with Crippen LogP contribution < -0.4 is 0 Å². The average molecular weight is 308 g/mol. The quantitative estimate of drug-likeness (QED) is 0.843. The average Bonchev–Trinajstić information content (AvgIpc) is 2.38. The van der Waals surface area contributed by atoms with Gasteiger partial charge in [-0.1, -0.05) is 6.07 Å². The number of rotatable bonds is 2. The first kappa shape index (κ1) is 15.3. The Morgan fingerprint density at radius 2 is 2.00 bits per heavy atom. The molecule has 1 aliphatic heterocycles. The van der Waals surface area contributed by atoms with Gasteiger partial charge in [0, 0.05) is 6.61 Å². The summed E-state index contributed by atoms with van der Waals surface area (Å²) in [6.07, 6.45) is -4.13. The maximum atomic E-state index is 12.6. The second-order valence-corrected chi connectivity index (χ2v) is 7.13. The Bertz CT molecular complexity index is 581. The van der Waals surface area contributed by atoms with Crippen molar-refractivity contribution in [3.63, 3.8) is 0 Å². The van der Waals surface area contributed by atoms with Gasteiger partial charge in [0.1, 0.15) is 0 Å². The fourth-order valence-corrected chi connectivity index (χ4v) is 4.16. The van der Waals surface area contributed by atoms with Crippen LogP contribution in [0.1, 0.15) is 25.3 Å². The number of hydrogen-bond acceptors (Lipinski definition) is 3. The Hall–Kier alpha value is -1.08. The lowest BCUT2D eigenvalue weighted by molar-refractivity contribution is -0.137. The van der Waals surface area contributed by atoms with E-state index in [1.807, 2.05) is 0 Å². The number of hydrogen-bond donors (Lipinski definition) is 0. The molecular formula is C13H15F3O3S. The molecule has 7 heteroatoms. The number of alkyl halides is 3. The molecule has 1 aliphatic rings. The molecule has 0 amide bonds. The van der Waals surface area contributed by atoms with Crippen molar-refractivity contribution < 1.29 is 26.3 Å². The van der Waals surface area contributed by atoms with Gasteiger partial charge >= 0.3 is 6.18 Å². The van der Waals surface area contributed by atoms with E-state index in [1.54, 1.807) is 6.92 Å². The summed E-state index contributed by atoms with van der Waals surface area (Å²) in [5.41, 5.74) is -0.946. The Labute approximate surface area is 115 Å². The molecular weight excluding hydrogens is 293 g/mol. The van der Waals surface area contributed by atoms with Crippen molar-refractivity contribution in [2.24, 2.45) is 0 Å². The van der Waals surface area contributed by atoms with Gasteiger partial charge in [-0.3, -0.25) is 0 Å². The van der Waals surface area contributed by atoms with Crippen molar-refractivity contribution in [2.45, 2.75) is 42.2 Å². The zero-order chi connectivity index (χ0) is 15.0. The van der Waals surface area contributed by atoms with Crippen LogP contribution in [0.5, 0.6) is 0 Å². The predicted octanol–water partition coefficient (Wildman–Crippen LogP) is 3.05. The van der Waals surface area contributed by atoms with E-state index in [0.29, 0.717) is 25.5 Å². The summed E-state index contributed by atoms with van der Waals surface area (Å²) in [6.45, 7) is 2.07. The van der Waals surface area contributed by atoms with Crippen LogP contribution in [0.15, 0.2) is 29.2 Å². The highest BCUT2D eigenvalue weighted by Crippen LogP contribution is 2.32. The molecule has 2 atom stereocenters. The van der Waals surface area contributed by atoms with Gasteiger partial charge in [0.15, 0.2) is 9.84 Å². The topological polar surface area (TPSA) is 43.4 Å². The molecule has 0 aromatic heterocycles. The second kappa shape index (κ2) is 5.37. The van der Waals surface area contributed by atoms with Gasteiger partial charge in [0.2, 0.25) is 0 Å². The van der Waals surface area contributed by atoms with E-state index in [0.717, 1.165) is 12.1 Å². The summed E-state index contributed by atoms with van der Waals surface area (Å²) >= 11 is 0. The summed E-state index contributed by atoms with van der Waals surface area (Å²) in [5, 5.41) is -0.685. The van der Waals surface area contributed by atoms with Crippen LogP contribution >= 0.6 is 0 Å². The molecule has 1 aromatic carbocycles. The molecule has 0 N–H and O–H groups in total. The van der Waals surface area contributed by atoms with Crippen LogP contribution in [0.3, 0.4) is 0 Å². The Balaban J connectivity index is 2.34. The molecule has 1 fully saturated rings. The van der Waals surface area contributed by atoms with Crippen molar-refractivity contribution in [1.82, 2.24) is 0 Å². The smallest absolute Gasteiger partial charge is 0.378 e. The fourth-order valence-electron chi connectivity index (χ4n) is 2.28. The van der Waals surface area contributed by atoms with E-state index >= 15 is 0 Å². The van der Waals surface area contributed by atoms with E-state index in [4.69, 9.17) is 4.74 Å². The Morgan fingerprint density at radius 1 is 1.30 bits per heavy atom. The minimum absolute atomic E-state index is 0.200. The summed E-state index contributed by atoms with van der Waals surface area (Å²) < 4.78 is 68.0. The second-order valence-electron chi connectivity index (χ2n) is 4.90. The zero-order valence-electron chi connectivity index (χ0n) is 10.9. The third kappa shape index (κ3) is 3.15. The van der Waals surface area contributed by atoms with Crippen molar-refractivity contribution in [3.05, 3.63) is 29.8 Å². The van der Waals surface area contributed by atoms with Crippen LogP contribution in [0.25, 0.3) is 0 Å². The highest BCUT2D eigenvalue weighted by atomic mass is 32.2. The Morgan fingerprint density at radius 3 is 2.60 bits per heavy atom. The predicted molar refractivity (Wildman–Crippen MR) is 67.1 cm³/mol. The maximum Gasteiger partial charge on any atom is 0.416 e. The highest BCUT2D eigenvalue weighted by molar-refractivity contribution is 7.92. The molecule has 0 bridgehead atoms. The fraction of sp³-hybridized carbons (Fsp3) is 0.538. The molecule has 1 saturated heterocycles. The molecule has 0 spiro atoms. The molecule has 0 aliphatic carbocycles. The summed E-state index contributed by atoms with van der Waals surface area (Å²) in [4.78, 5) is -0.272. The van der Waals surface area contributed by atoms with Gasteiger partial charge in [0.05, 0.1) is 21.8 Å². The first-order valence-electron chi connectivity index (χ1n) is 6.24. The summed E-state index contributed by atoms with van der Waals surface area (Å²) in [5.74, 6) is 0. The molecule has 0 radical (unpaired) electrons. The Kier molecular flexibility index (Phi) is 4.11. The van der Waals surface area contributed by atoms with Gasteiger partial charge in [-0.25, -0.2) is 8.42 Å². The van der Waals surface area contributed by atoms with Gasteiger partial charge in [-0.15, -0.1) is 0 Å².